The van der Waals surface area contributed by atoms with Crippen LogP contribution in [0.5, 0.6) is 0 Å². The Bertz CT molecular complexity index is 1280. The normalized spacial score (nSPS) is 11.7. The van der Waals surface area contributed by atoms with Crippen molar-refractivity contribution in [1.29, 1.82) is 0 Å². The number of nitrogens with zero attached hydrogens (tertiary/aromatic N) is 3. The number of nitrogens with one attached hydrogen (secondary N) is 2. The molecule has 8 nitrogen and oxygen atoms in total. The van der Waals surface area contributed by atoms with E-state index in [-0.39, 0.29) is 10.8 Å². The summed E-state index contributed by atoms with van der Waals surface area (Å²) in [5.74, 6) is 0.810. The van der Waals surface area contributed by atoms with Gasteiger partial charge in [0.25, 0.3) is 10.0 Å². The Balaban J connectivity index is 1.57. The first kappa shape index (κ1) is 19.3. The molecule has 150 valence electrons. The van der Waals surface area contributed by atoms with Crippen molar-refractivity contribution in [2.24, 2.45) is 0 Å². The fourth-order valence-corrected chi connectivity index (χ4v) is 4.71. The average molecular weight is 430 g/mol. The van der Waals surface area contributed by atoms with Crippen molar-refractivity contribution in [3.05, 3.63) is 52.8 Å². The second-order valence-electron chi connectivity index (χ2n) is 6.48. The number of aryl methyl sites for hydroxylation is 2. The van der Waals surface area contributed by atoms with Crippen molar-refractivity contribution in [2.45, 2.75) is 32.1 Å². The van der Waals surface area contributed by atoms with Crippen LogP contribution in [0.25, 0.3) is 10.2 Å². The minimum Gasteiger partial charge on any atom is -0.340 e. The first-order chi connectivity index (χ1) is 13.9. The van der Waals surface area contributed by atoms with Crippen LogP contribution in [0.4, 0.5) is 17.4 Å². The van der Waals surface area contributed by atoms with Crippen LogP contribution in [0.2, 0.25) is 0 Å². The summed E-state index contributed by atoms with van der Waals surface area (Å²) >= 11 is 1.64. The highest BCUT2D eigenvalue weighted by molar-refractivity contribution is 7.92. The van der Waals surface area contributed by atoms with Crippen molar-refractivity contribution in [1.82, 2.24) is 15.1 Å². The number of hydrogen-bond acceptors (Lipinski definition) is 8. The minimum atomic E-state index is -3.78. The molecular weight excluding hydrogens is 410 g/mol. The van der Waals surface area contributed by atoms with E-state index in [1.54, 1.807) is 37.3 Å². The van der Waals surface area contributed by atoms with Crippen LogP contribution in [-0.2, 0) is 16.4 Å². The second-order valence-corrected chi connectivity index (χ2v) is 9.28. The van der Waals surface area contributed by atoms with E-state index in [1.165, 1.54) is 23.3 Å². The molecule has 0 spiro atoms. The molecule has 0 bridgehead atoms. The van der Waals surface area contributed by atoms with E-state index in [9.17, 15) is 8.42 Å². The van der Waals surface area contributed by atoms with Crippen LogP contribution >= 0.6 is 11.3 Å². The maximum Gasteiger partial charge on any atom is 0.264 e. The maximum absolute atomic E-state index is 12.6. The lowest BCUT2D eigenvalue weighted by Gasteiger charge is -2.09. The first-order valence-corrected chi connectivity index (χ1v) is 11.2. The number of rotatable bonds is 6. The predicted octanol–water partition coefficient (Wildman–Crippen LogP) is 4.40. The summed E-state index contributed by atoms with van der Waals surface area (Å²) in [5.41, 5.74) is 2.01. The van der Waals surface area contributed by atoms with E-state index in [0.717, 1.165) is 22.3 Å². The van der Waals surface area contributed by atoms with E-state index in [2.05, 4.69) is 38.2 Å². The van der Waals surface area contributed by atoms with Gasteiger partial charge in [0.2, 0.25) is 5.88 Å². The van der Waals surface area contributed by atoms with Gasteiger partial charge < -0.3 is 9.84 Å². The molecule has 1 aromatic carbocycles. The van der Waals surface area contributed by atoms with Crippen LogP contribution in [-0.4, -0.2) is 23.5 Å². The topological polar surface area (TPSA) is 110 Å². The standard InChI is InChI=1S/C19H19N5O3S2/c1-4-14-9-16-17(20-10-21-19(16)28-14)22-13-5-7-15(8-6-13)29(25,26)24-18-11(2)12(3)23-27-18/h5-10,24H,4H2,1-3H3,(H,20,21,22). The second kappa shape index (κ2) is 7.45. The number of fused-ring (bicyclic) bond motifs is 1. The molecule has 0 aliphatic heterocycles. The van der Waals surface area contributed by atoms with Gasteiger partial charge in [0.05, 0.1) is 16.0 Å². The van der Waals surface area contributed by atoms with Crippen molar-refractivity contribution in [3.8, 4) is 0 Å². The van der Waals surface area contributed by atoms with Crippen LogP contribution in [0.1, 0.15) is 23.1 Å². The van der Waals surface area contributed by atoms with E-state index < -0.39 is 10.0 Å². The van der Waals surface area contributed by atoms with Crippen molar-refractivity contribution in [3.63, 3.8) is 0 Å². The smallest absolute Gasteiger partial charge is 0.264 e. The van der Waals surface area contributed by atoms with Gasteiger partial charge in [0, 0.05) is 16.1 Å². The van der Waals surface area contributed by atoms with Crippen molar-refractivity contribution < 1.29 is 12.9 Å². The van der Waals surface area contributed by atoms with Crippen molar-refractivity contribution >= 4 is 49.0 Å². The maximum atomic E-state index is 12.6. The largest absolute Gasteiger partial charge is 0.340 e. The van der Waals surface area contributed by atoms with E-state index in [4.69, 9.17) is 4.52 Å². The van der Waals surface area contributed by atoms with Gasteiger partial charge in [-0.1, -0.05) is 12.1 Å². The number of thiophene rings is 1. The van der Waals surface area contributed by atoms with Crippen LogP contribution < -0.4 is 10.0 Å². The number of benzene rings is 1. The Morgan fingerprint density at radius 1 is 1.14 bits per heavy atom. The fourth-order valence-electron chi connectivity index (χ4n) is 2.72. The molecule has 3 heterocycles. The predicted molar refractivity (Wildman–Crippen MR) is 113 cm³/mol. The van der Waals surface area contributed by atoms with E-state index in [0.29, 0.717) is 17.1 Å². The number of anilines is 3. The summed E-state index contributed by atoms with van der Waals surface area (Å²) in [6, 6.07) is 8.49. The highest BCUT2D eigenvalue weighted by Gasteiger charge is 2.19. The summed E-state index contributed by atoms with van der Waals surface area (Å²) < 4.78 is 32.7. The lowest BCUT2D eigenvalue weighted by atomic mass is 10.3. The summed E-state index contributed by atoms with van der Waals surface area (Å²) in [5, 5.41) is 7.95. The van der Waals surface area contributed by atoms with Crippen LogP contribution in [0.15, 0.2) is 46.1 Å². The van der Waals surface area contributed by atoms with Gasteiger partial charge >= 0.3 is 0 Å². The van der Waals surface area contributed by atoms with Gasteiger partial charge in [0.1, 0.15) is 17.0 Å². The molecule has 29 heavy (non-hydrogen) atoms. The summed E-state index contributed by atoms with van der Waals surface area (Å²) in [4.78, 5) is 10.9. The quantitative estimate of drug-likeness (QED) is 0.467. The molecule has 3 aromatic heterocycles. The minimum absolute atomic E-state index is 0.119. The Morgan fingerprint density at radius 3 is 2.55 bits per heavy atom. The number of hydrogen-bond donors (Lipinski definition) is 2. The monoisotopic (exact) mass is 429 g/mol. The molecule has 0 amide bonds. The van der Waals surface area contributed by atoms with Crippen LogP contribution in [0, 0.1) is 13.8 Å². The van der Waals surface area contributed by atoms with Gasteiger partial charge in [-0.05, 0) is 50.6 Å². The third-order valence-electron chi connectivity index (χ3n) is 4.54. The third kappa shape index (κ3) is 3.81. The molecule has 0 aliphatic rings. The summed E-state index contributed by atoms with van der Waals surface area (Å²) in [6.45, 7) is 5.59. The lowest BCUT2D eigenvalue weighted by Crippen LogP contribution is -2.13. The van der Waals surface area contributed by atoms with E-state index in [1.807, 2.05) is 0 Å². The molecular formula is C19H19N5O3S2. The Labute approximate surface area is 172 Å². The van der Waals surface area contributed by atoms with Gasteiger partial charge in [-0.25, -0.2) is 23.1 Å². The zero-order valence-electron chi connectivity index (χ0n) is 16.1. The molecule has 0 fully saturated rings. The average Bonchev–Trinajstić information content (AvgIpc) is 3.27. The molecule has 0 atom stereocenters. The lowest BCUT2D eigenvalue weighted by molar-refractivity contribution is 0.430. The molecule has 2 N–H and O–H groups in total. The first-order valence-electron chi connectivity index (χ1n) is 8.93. The number of aromatic nitrogens is 3. The zero-order valence-corrected chi connectivity index (χ0v) is 17.7. The Hall–Kier alpha value is -2.98. The van der Waals surface area contributed by atoms with E-state index >= 15 is 0 Å². The summed E-state index contributed by atoms with van der Waals surface area (Å²) in [7, 11) is -3.78. The van der Waals surface area contributed by atoms with Gasteiger partial charge in [0.15, 0.2) is 0 Å². The molecule has 0 saturated carbocycles. The van der Waals surface area contributed by atoms with Gasteiger partial charge in [-0.3, -0.25) is 0 Å². The van der Waals surface area contributed by atoms with Gasteiger partial charge in [-0.15, -0.1) is 11.3 Å². The molecule has 4 rings (SSSR count). The Morgan fingerprint density at radius 2 is 1.90 bits per heavy atom. The SMILES string of the molecule is CCc1cc2c(Nc3ccc(S(=O)(=O)Nc4onc(C)c4C)cc3)ncnc2s1. The van der Waals surface area contributed by atoms with Crippen molar-refractivity contribution in [2.75, 3.05) is 10.0 Å². The fraction of sp³-hybridized carbons (Fsp3) is 0.211. The molecule has 0 saturated heterocycles. The Kier molecular flexibility index (Phi) is 4.97. The third-order valence-corrected chi connectivity index (χ3v) is 7.07. The zero-order chi connectivity index (χ0) is 20.6. The van der Waals surface area contributed by atoms with Crippen LogP contribution in [0.3, 0.4) is 0 Å². The number of sulfonamides is 1. The molecule has 10 heteroatoms. The molecule has 4 aromatic rings. The summed E-state index contributed by atoms with van der Waals surface area (Å²) in [6.07, 6.45) is 2.45. The van der Waals surface area contributed by atoms with Gasteiger partial charge in [-0.2, -0.15) is 0 Å². The molecule has 0 radical (unpaired) electrons. The molecule has 0 aliphatic carbocycles. The highest BCUT2D eigenvalue weighted by atomic mass is 32.2. The molecule has 0 unspecified atom stereocenters. The highest BCUT2D eigenvalue weighted by Crippen LogP contribution is 2.30.